The molecule has 0 fully saturated rings. The Balaban J connectivity index is 2.88. The number of rotatable bonds is 9. The van der Waals surface area contributed by atoms with Gasteiger partial charge in [-0.05, 0) is 31.5 Å². The summed E-state index contributed by atoms with van der Waals surface area (Å²) in [6, 6.07) is 5.55. The van der Waals surface area contributed by atoms with Gasteiger partial charge in [0.25, 0.3) is 0 Å². The first-order valence-corrected chi connectivity index (χ1v) is 7.19. The monoisotopic (exact) mass is 316 g/mol. The van der Waals surface area contributed by atoms with E-state index in [-0.39, 0.29) is 18.6 Å². The molecule has 0 aromatic heterocycles. The number of ether oxygens (including phenoxy) is 3. The molecule has 118 valence electrons. The van der Waals surface area contributed by atoms with Crippen LogP contribution < -0.4 is 4.74 Å². The van der Waals surface area contributed by atoms with Gasteiger partial charge in [-0.3, -0.25) is 0 Å². The van der Waals surface area contributed by atoms with Crippen LogP contribution in [0.25, 0.3) is 0 Å². The highest BCUT2D eigenvalue weighted by Crippen LogP contribution is 2.22. The van der Waals surface area contributed by atoms with Crippen LogP contribution in [0.15, 0.2) is 18.2 Å². The van der Waals surface area contributed by atoms with Crippen LogP contribution in [0.2, 0.25) is 0 Å². The fourth-order valence-electron chi connectivity index (χ4n) is 1.96. The topological polar surface area (TPSA) is 65.0 Å². The highest BCUT2D eigenvalue weighted by Gasteiger charge is 2.20. The number of carboxylic acids is 1. The number of carboxylic acid groups (broad SMARTS) is 1. The van der Waals surface area contributed by atoms with Gasteiger partial charge in [0.15, 0.2) is 6.10 Å². The molecule has 0 saturated carbocycles. The number of benzene rings is 1. The summed E-state index contributed by atoms with van der Waals surface area (Å²) in [4.78, 5) is 11.2. The number of methoxy groups -OCH3 is 1. The lowest BCUT2D eigenvalue weighted by Gasteiger charge is -2.17. The second-order valence-electron chi connectivity index (χ2n) is 4.82. The molecule has 1 N–H and O–H groups in total. The molecule has 21 heavy (non-hydrogen) atoms. The Morgan fingerprint density at radius 1 is 1.38 bits per heavy atom. The minimum atomic E-state index is -0.974. The molecule has 0 spiro atoms. The fraction of sp³-hybridized carbons (Fsp3) is 0.533. The van der Waals surface area contributed by atoms with Crippen molar-refractivity contribution in [2.75, 3.05) is 13.2 Å². The number of halogens is 1. The van der Waals surface area contributed by atoms with E-state index in [1.165, 1.54) is 0 Å². The van der Waals surface area contributed by atoms with Crippen molar-refractivity contribution in [1.29, 1.82) is 0 Å². The van der Waals surface area contributed by atoms with Crippen LogP contribution in [0.4, 0.5) is 0 Å². The zero-order valence-electron chi connectivity index (χ0n) is 12.5. The summed E-state index contributed by atoms with van der Waals surface area (Å²) < 4.78 is 15.8. The molecule has 0 heterocycles. The van der Waals surface area contributed by atoms with E-state index in [2.05, 4.69) is 0 Å². The first-order chi connectivity index (χ1) is 9.97. The number of aliphatic carboxylic acids is 1. The molecule has 0 saturated heterocycles. The maximum Gasteiger partial charge on any atom is 0.333 e. The minimum absolute atomic E-state index is 0.0849. The molecule has 0 amide bonds. The first-order valence-electron chi connectivity index (χ1n) is 6.65. The van der Waals surface area contributed by atoms with Gasteiger partial charge >= 0.3 is 5.97 Å². The highest BCUT2D eigenvalue weighted by molar-refractivity contribution is 6.17. The molecular formula is C15H21ClO5. The predicted octanol–water partition coefficient (Wildman–Crippen LogP) is 2.83. The van der Waals surface area contributed by atoms with E-state index >= 15 is 0 Å². The van der Waals surface area contributed by atoms with E-state index < -0.39 is 12.1 Å². The smallest absolute Gasteiger partial charge is 0.333 e. The lowest BCUT2D eigenvalue weighted by Crippen LogP contribution is -2.29. The third kappa shape index (κ3) is 5.91. The van der Waals surface area contributed by atoms with Crippen molar-refractivity contribution in [3.05, 3.63) is 29.3 Å². The molecule has 0 bridgehead atoms. The van der Waals surface area contributed by atoms with Crippen LogP contribution in [0.1, 0.15) is 25.0 Å². The summed E-state index contributed by atoms with van der Waals surface area (Å²) in [6.07, 6.45) is -0.741. The summed E-state index contributed by atoms with van der Waals surface area (Å²) in [7, 11) is 1.57. The molecular weight excluding hydrogens is 296 g/mol. The number of carbonyl (C=O) groups is 1. The van der Waals surface area contributed by atoms with Gasteiger partial charge in [-0.1, -0.05) is 17.7 Å². The van der Waals surface area contributed by atoms with Crippen LogP contribution in [-0.4, -0.2) is 36.5 Å². The van der Waals surface area contributed by atoms with Gasteiger partial charge in [0.2, 0.25) is 0 Å². The number of hydrogen-bond donors (Lipinski definition) is 1. The molecule has 1 aromatic rings. The van der Waals surface area contributed by atoms with Crippen molar-refractivity contribution in [2.24, 2.45) is 0 Å². The van der Waals surface area contributed by atoms with Crippen molar-refractivity contribution in [3.8, 4) is 5.75 Å². The predicted molar refractivity (Wildman–Crippen MR) is 79.9 cm³/mol. The van der Waals surface area contributed by atoms with Gasteiger partial charge in [-0.2, -0.15) is 0 Å². The van der Waals surface area contributed by atoms with E-state index in [4.69, 9.17) is 25.8 Å². The van der Waals surface area contributed by atoms with Crippen molar-refractivity contribution in [1.82, 2.24) is 0 Å². The molecule has 0 aliphatic rings. The standard InChI is InChI=1S/C15H21ClO5/c1-10(2)21-14(15(17)18)7-11-4-5-13(19-3)12(6-11)8-20-9-16/h4-6,10,14H,7-9H2,1-3H3,(H,17,18). The van der Waals surface area contributed by atoms with Crippen LogP contribution in [0.5, 0.6) is 5.75 Å². The van der Waals surface area contributed by atoms with Gasteiger partial charge in [-0.15, -0.1) is 0 Å². The maximum absolute atomic E-state index is 11.2. The third-order valence-electron chi connectivity index (χ3n) is 2.81. The Hall–Kier alpha value is -1.30. The van der Waals surface area contributed by atoms with E-state index in [0.29, 0.717) is 12.4 Å². The average Bonchev–Trinajstić information content (AvgIpc) is 2.44. The second kappa shape index (κ2) is 8.87. The van der Waals surface area contributed by atoms with Gasteiger partial charge in [0, 0.05) is 12.0 Å². The number of alkyl halides is 1. The van der Waals surface area contributed by atoms with E-state index in [9.17, 15) is 9.90 Å². The third-order valence-corrected chi connectivity index (χ3v) is 2.97. The van der Waals surface area contributed by atoms with Crippen LogP contribution in [0.3, 0.4) is 0 Å². The lowest BCUT2D eigenvalue weighted by atomic mass is 10.0. The largest absolute Gasteiger partial charge is 0.496 e. The highest BCUT2D eigenvalue weighted by atomic mass is 35.5. The lowest BCUT2D eigenvalue weighted by molar-refractivity contribution is -0.153. The van der Waals surface area contributed by atoms with Crippen molar-refractivity contribution < 1.29 is 24.1 Å². The SMILES string of the molecule is COc1ccc(CC(OC(C)C)C(=O)O)cc1COCCl. The summed E-state index contributed by atoms with van der Waals surface area (Å²) in [5, 5.41) is 9.20. The van der Waals surface area contributed by atoms with E-state index in [0.717, 1.165) is 11.1 Å². The Labute approximate surface area is 129 Å². The molecule has 1 rings (SSSR count). The molecule has 1 atom stereocenters. The van der Waals surface area contributed by atoms with Crippen LogP contribution in [0, 0.1) is 0 Å². The second-order valence-corrected chi connectivity index (χ2v) is 5.04. The summed E-state index contributed by atoms with van der Waals surface area (Å²) in [5.74, 6) is -0.293. The Kier molecular flexibility index (Phi) is 7.50. The van der Waals surface area contributed by atoms with Crippen molar-refractivity contribution in [3.63, 3.8) is 0 Å². The van der Waals surface area contributed by atoms with E-state index in [1.807, 2.05) is 26.0 Å². The molecule has 0 aliphatic carbocycles. The van der Waals surface area contributed by atoms with Crippen molar-refractivity contribution in [2.45, 2.75) is 39.1 Å². The molecule has 0 radical (unpaired) electrons. The average molecular weight is 317 g/mol. The maximum atomic E-state index is 11.2. The summed E-state index contributed by atoms with van der Waals surface area (Å²) in [6.45, 7) is 3.93. The molecule has 5 nitrogen and oxygen atoms in total. The Morgan fingerprint density at radius 3 is 2.62 bits per heavy atom. The fourth-order valence-corrected chi connectivity index (χ4v) is 2.03. The Morgan fingerprint density at radius 2 is 2.10 bits per heavy atom. The summed E-state index contributed by atoms with van der Waals surface area (Å²) >= 11 is 5.51. The van der Waals surface area contributed by atoms with Crippen molar-refractivity contribution >= 4 is 17.6 Å². The van der Waals surface area contributed by atoms with Crippen LogP contribution >= 0.6 is 11.6 Å². The molecule has 6 heteroatoms. The number of hydrogen-bond acceptors (Lipinski definition) is 4. The van der Waals surface area contributed by atoms with Gasteiger partial charge in [0.1, 0.15) is 11.8 Å². The molecule has 1 unspecified atom stereocenters. The van der Waals surface area contributed by atoms with Gasteiger partial charge < -0.3 is 19.3 Å². The zero-order chi connectivity index (χ0) is 15.8. The van der Waals surface area contributed by atoms with Gasteiger partial charge in [0.05, 0.1) is 19.8 Å². The first kappa shape index (κ1) is 17.8. The molecule has 1 aromatic carbocycles. The zero-order valence-corrected chi connectivity index (χ0v) is 13.2. The summed E-state index contributed by atoms with van der Waals surface area (Å²) in [5.41, 5.74) is 1.67. The normalized spacial score (nSPS) is 12.4. The quantitative estimate of drug-likeness (QED) is 0.710. The Bertz CT molecular complexity index is 461. The van der Waals surface area contributed by atoms with Crippen LogP contribution in [-0.2, 0) is 27.3 Å². The molecule has 0 aliphatic heterocycles. The minimum Gasteiger partial charge on any atom is -0.496 e. The van der Waals surface area contributed by atoms with Gasteiger partial charge in [-0.25, -0.2) is 4.79 Å². The van der Waals surface area contributed by atoms with E-state index in [1.54, 1.807) is 13.2 Å².